The third kappa shape index (κ3) is 9.68. The van der Waals surface area contributed by atoms with Gasteiger partial charge in [-0.25, -0.2) is 0 Å². The first-order valence-corrected chi connectivity index (χ1v) is 4.25. The zero-order valence-corrected chi connectivity index (χ0v) is 7.69. The van der Waals surface area contributed by atoms with Crippen LogP contribution in [0.25, 0.3) is 0 Å². The number of hydrogen-bond acceptors (Lipinski definition) is 6. The van der Waals surface area contributed by atoms with Gasteiger partial charge in [-0.2, -0.15) is 0 Å². The molecule has 6 nitrogen and oxygen atoms in total. The summed E-state index contributed by atoms with van der Waals surface area (Å²) in [5, 5.41) is 40.1. The third-order valence-corrected chi connectivity index (χ3v) is 1.40. The topological polar surface area (TPSA) is 105 Å². The van der Waals surface area contributed by atoms with Crippen LogP contribution in [0.2, 0.25) is 0 Å². The Labute approximate surface area is 77.2 Å². The Balaban J connectivity index is 3.35. The largest absolute Gasteiger partial charge is 0.378 e. The van der Waals surface area contributed by atoms with Crippen LogP contribution in [0.5, 0.6) is 0 Å². The van der Waals surface area contributed by atoms with Crippen molar-refractivity contribution in [2.24, 2.45) is 0 Å². The van der Waals surface area contributed by atoms with Gasteiger partial charge in [0.25, 0.3) is 5.97 Å². The second-order valence-corrected chi connectivity index (χ2v) is 2.80. The fourth-order valence-electron chi connectivity index (χ4n) is 0.836. The standard InChI is InChI=1S/C7H18N2O4/c1-2-8-3-4-9-6(10)5-7(11,12)13/h6,8-13H,2-5H2,1H3. The molecule has 6 heteroatoms. The van der Waals surface area contributed by atoms with Crippen molar-refractivity contribution in [2.45, 2.75) is 25.5 Å². The second-order valence-electron chi connectivity index (χ2n) is 2.80. The molecule has 0 bridgehead atoms. The van der Waals surface area contributed by atoms with E-state index >= 15 is 0 Å². The predicted octanol–water partition coefficient (Wildman–Crippen LogP) is -2.48. The van der Waals surface area contributed by atoms with Crippen molar-refractivity contribution in [1.82, 2.24) is 10.6 Å². The molecule has 6 N–H and O–H groups in total. The van der Waals surface area contributed by atoms with Crippen molar-refractivity contribution >= 4 is 0 Å². The second kappa shape index (κ2) is 6.25. The van der Waals surface area contributed by atoms with E-state index in [2.05, 4.69) is 10.6 Å². The quantitative estimate of drug-likeness (QED) is 0.198. The number of aliphatic hydroxyl groups is 4. The lowest BCUT2D eigenvalue weighted by atomic mass is 10.3. The molecule has 1 atom stereocenters. The highest BCUT2D eigenvalue weighted by Crippen LogP contribution is 2.01. The smallest absolute Gasteiger partial charge is 0.279 e. The van der Waals surface area contributed by atoms with Crippen LogP contribution in [-0.4, -0.2) is 52.3 Å². The average Bonchev–Trinajstić information content (AvgIpc) is 1.94. The van der Waals surface area contributed by atoms with E-state index in [-0.39, 0.29) is 0 Å². The van der Waals surface area contributed by atoms with E-state index in [0.29, 0.717) is 13.1 Å². The summed E-state index contributed by atoms with van der Waals surface area (Å²) in [4.78, 5) is 0. The molecule has 0 aromatic rings. The van der Waals surface area contributed by atoms with Gasteiger partial charge in [0.1, 0.15) is 6.23 Å². The molecule has 80 valence electrons. The summed E-state index contributed by atoms with van der Waals surface area (Å²) >= 11 is 0. The summed E-state index contributed by atoms with van der Waals surface area (Å²) < 4.78 is 0. The summed E-state index contributed by atoms with van der Waals surface area (Å²) in [5.74, 6) is -2.81. The molecule has 13 heavy (non-hydrogen) atoms. The molecule has 1 unspecified atom stereocenters. The Morgan fingerprint density at radius 3 is 2.31 bits per heavy atom. The normalized spacial score (nSPS) is 14.5. The Kier molecular flexibility index (Phi) is 6.13. The van der Waals surface area contributed by atoms with Crippen LogP contribution in [0.3, 0.4) is 0 Å². The molecule has 0 aromatic heterocycles. The minimum absolute atomic E-state index is 0.491. The Hall–Kier alpha value is -0.240. The van der Waals surface area contributed by atoms with E-state index in [9.17, 15) is 0 Å². The van der Waals surface area contributed by atoms with Gasteiger partial charge in [0.05, 0.1) is 6.42 Å². The highest BCUT2D eigenvalue weighted by Gasteiger charge is 2.22. The number of hydrogen-bond donors (Lipinski definition) is 6. The lowest BCUT2D eigenvalue weighted by Gasteiger charge is -2.19. The van der Waals surface area contributed by atoms with Crippen LogP contribution in [-0.2, 0) is 0 Å². The van der Waals surface area contributed by atoms with Crippen LogP contribution < -0.4 is 10.6 Å². The van der Waals surface area contributed by atoms with Crippen LogP contribution in [0.1, 0.15) is 13.3 Å². The molecule has 0 spiro atoms. The van der Waals surface area contributed by atoms with Crippen molar-refractivity contribution < 1.29 is 20.4 Å². The van der Waals surface area contributed by atoms with Crippen molar-refractivity contribution in [3.63, 3.8) is 0 Å². The Morgan fingerprint density at radius 1 is 1.23 bits per heavy atom. The van der Waals surface area contributed by atoms with Gasteiger partial charge < -0.3 is 25.7 Å². The number of nitrogens with one attached hydrogen (secondary N) is 2. The predicted molar refractivity (Wildman–Crippen MR) is 46.6 cm³/mol. The molecule has 0 amide bonds. The fourth-order valence-corrected chi connectivity index (χ4v) is 0.836. The summed E-state index contributed by atoms with van der Waals surface area (Å²) in [6, 6.07) is 0. The molecule has 0 fully saturated rings. The maximum Gasteiger partial charge on any atom is 0.279 e. The van der Waals surface area contributed by atoms with E-state index in [1.165, 1.54) is 0 Å². The SMILES string of the molecule is CCNCCNC(O)CC(O)(O)O. The molecule has 0 aliphatic carbocycles. The Bertz CT molecular complexity index is 126. The molecular weight excluding hydrogens is 176 g/mol. The van der Waals surface area contributed by atoms with Gasteiger partial charge in [0.2, 0.25) is 0 Å². The number of rotatable bonds is 7. The minimum Gasteiger partial charge on any atom is -0.378 e. The lowest BCUT2D eigenvalue weighted by Crippen LogP contribution is -2.41. The molecule has 0 radical (unpaired) electrons. The van der Waals surface area contributed by atoms with Gasteiger partial charge in [0, 0.05) is 13.1 Å². The summed E-state index contributed by atoms with van der Waals surface area (Å²) in [7, 11) is 0. The van der Waals surface area contributed by atoms with Crippen LogP contribution in [0, 0.1) is 0 Å². The third-order valence-electron chi connectivity index (χ3n) is 1.40. The van der Waals surface area contributed by atoms with Gasteiger partial charge >= 0.3 is 0 Å². The van der Waals surface area contributed by atoms with Crippen molar-refractivity contribution in [3.8, 4) is 0 Å². The highest BCUT2D eigenvalue weighted by molar-refractivity contribution is 4.59. The number of likely N-dealkylation sites (N-methyl/N-ethyl adjacent to an activating group) is 1. The summed E-state index contributed by atoms with van der Waals surface area (Å²) in [5.41, 5.74) is 0. The molecule has 0 rings (SSSR count). The van der Waals surface area contributed by atoms with Crippen molar-refractivity contribution in [2.75, 3.05) is 19.6 Å². The van der Waals surface area contributed by atoms with Crippen LogP contribution in [0.15, 0.2) is 0 Å². The molecule has 0 heterocycles. The van der Waals surface area contributed by atoms with Gasteiger partial charge in [-0.15, -0.1) is 0 Å². The van der Waals surface area contributed by atoms with Crippen molar-refractivity contribution in [3.05, 3.63) is 0 Å². The first kappa shape index (κ1) is 12.8. The molecule has 0 aliphatic rings. The zero-order valence-electron chi connectivity index (χ0n) is 7.69. The van der Waals surface area contributed by atoms with Gasteiger partial charge in [-0.05, 0) is 6.54 Å². The van der Waals surface area contributed by atoms with Gasteiger partial charge in [0.15, 0.2) is 0 Å². The van der Waals surface area contributed by atoms with Crippen molar-refractivity contribution in [1.29, 1.82) is 0 Å². The van der Waals surface area contributed by atoms with E-state index in [0.717, 1.165) is 6.54 Å². The molecule has 0 saturated carbocycles. The van der Waals surface area contributed by atoms with Crippen LogP contribution in [0.4, 0.5) is 0 Å². The maximum absolute atomic E-state index is 9.07. The highest BCUT2D eigenvalue weighted by atomic mass is 16.7. The van der Waals surface area contributed by atoms with Gasteiger partial charge in [-0.1, -0.05) is 6.92 Å². The zero-order chi connectivity index (χ0) is 10.3. The summed E-state index contributed by atoms with van der Waals surface area (Å²) in [6.07, 6.45) is -1.67. The molecule has 0 aliphatic heterocycles. The minimum atomic E-state index is -2.81. The molecular formula is C7H18N2O4. The monoisotopic (exact) mass is 194 g/mol. The molecule has 0 saturated heterocycles. The first-order chi connectivity index (χ1) is 5.95. The fraction of sp³-hybridized carbons (Fsp3) is 1.00. The van der Waals surface area contributed by atoms with E-state index in [1.54, 1.807) is 0 Å². The lowest BCUT2D eigenvalue weighted by molar-refractivity contribution is -0.323. The molecule has 0 aromatic carbocycles. The van der Waals surface area contributed by atoms with Gasteiger partial charge in [-0.3, -0.25) is 5.32 Å². The summed E-state index contributed by atoms with van der Waals surface area (Å²) in [6.45, 7) is 3.95. The van der Waals surface area contributed by atoms with E-state index < -0.39 is 18.6 Å². The number of aliphatic hydroxyl groups excluding tert-OH is 1. The van der Waals surface area contributed by atoms with E-state index in [1.807, 2.05) is 6.92 Å². The first-order valence-electron chi connectivity index (χ1n) is 4.25. The Morgan fingerprint density at radius 2 is 1.85 bits per heavy atom. The average molecular weight is 194 g/mol. The maximum atomic E-state index is 9.07. The van der Waals surface area contributed by atoms with Crippen LogP contribution >= 0.6 is 0 Å². The van der Waals surface area contributed by atoms with E-state index in [4.69, 9.17) is 20.4 Å².